The number of pyridine rings is 2. The molecular weight excluding hydrogens is 711 g/mol. The summed E-state index contributed by atoms with van der Waals surface area (Å²) < 4.78 is 13.9. The highest BCUT2D eigenvalue weighted by Gasteiger charge is 2.11. The summed E-state index contributed by atoms with van der Waals surface area (Å²) in [5.74, 6) is 1.97. The number of carbonyl (C=O) groups excluding carboxylic acids is 1. The van der Waals surface area contributed by atoms with Gasteiger partial charge in [-0.1, -0.05) is 12.1 Å². The van der Waals surface area contributed by atoms with E-state index in [1.807, 2.05) is 125 Å². The van der Waals surface area contributed by atoms with E-state index in [9.17, 15) is 4.79 Å². The third-order valence-corrected chi connectivity index (χ3v) is 8.28. The Kier molecular flexibility index (Phi) is 10.9. The summed E-state index contributed by atoms with van der Waals surface area (Å²) in [5, 5.41) is 18.4. The molecule has 6 aromatic heterocycles. The number of rotatable bonds is 11. The molecule has 8 rings (SSSR count). The van der Waals surface area contributed by atoms with E-state index in [0.29, 0.717) is 41.6 Å². The van der Waals surface area contributed by atoms with Crippen LogP contribution < -0.4 is 31.2 Å². The molecule has 0 saturated heterocycles. The van der Waals surface area contributed by atoms with E-state index >= 15 is 0 Å². The van der Waals surface area contributed by atoms with Gasteiger partial charge < -0.3 is 36.1 Å². The highest BCUT2D eigenvalue weighted by atomic mass is 16.5. The van der Waals surface area contributed by atoms with Crippen LogP contribution in [0.2, 0.25) is 0 Å². The molecule has 0 spiro atoms. The molecule has 0 aliphatic carbocycles. The number of nitrogen functional groups attached to an aromatic ring is 1. The van der Waals surface area contributed by atoms with Gasteiger partial charge in [-0.15, -0.1) is 10.2 Å². The van der Waals surface area contributed by atoms with Gasteiger partial charge in [0.25, 0.3) is 0 Å². The fourth-order valence-corrected chi connectivity index (χ4v) is 5.70. The molecule has 1 amide bonds. The maximum Gasteiger partial charge on any atom is 0.245 e. The van der Waals surface area contributed by atoms with Crippen molar-refractivity contribution >= 4 is 51.6 Å². The van der Waals surface area contributed by atoms with Crippen LogP contribution >= 0.6 is 0 Å². The zero-order valence-corrected chi connectivity index (χ0v) is 31.1. The molecule has 56 heavy (non-hydrogen) atoms. The molecule has 0 unspecified atom stereocenters. The van der Waals surface area contributed by atoms with Crippen molar-refractivity contribution in [2.75, 3.05) is 56.5 Å². The van der Waals surface area contributed by atoms with Gasteiger partial charge in [-0.3, -0.25) is 4.79 Å². The van der Waals surface area contributed by atoms with Crippen LogP contribution in [-0.4, -0.2) is 84.8 Å². The first-order valence-electron chi connectivity index (χ1n) is 17.4. The number of benzene rings is 2. The van der Waals surface area contributed by atoms with Crippen LogP contribution in [0, 0.1) is 0 Å². The van der Waals surface area contributed by atoms with Gasteiger partial charge in [0.2, 0.25) is 29.6 Å². The molecule has 8 aromatic rings. The molecule has 0 aliphatic heterocycles. The van der Waals surface area contributed by atoms with Gasteiger partial charge in [0.1, 0.15) is 0 Å². The maximum absolute atomic E-state index is 12.0. The molecule has 6 heterocycles. The first kappa shape index (κ1) is 36.8. The molecule has 16 nitrogen and oxygen atoms in total. The number of nitrogens with two attached hydrogens (primary N) is 1. The summed E-state index contributed by atoms with van der Waals surface area (Å²) in [4.78, 5) is 31.1. The number of ether oxygens (including phenoxy) is 2. The minimum atomic E-state index is -0.0788. The summed E-state index contributed by atoms with van der Waals surface area (Å²) in [7, 11) is 6.88. The molecule has 2 aromatic carbocycles. The van der Waals surface area contributed by atoms with Gasteiger partial charge in [0.15, 0.2) is 0 Å². The van der Waals surface area contributed by atoms with Gasteiger partial charge in [-0.2, -0.15) is 0 Å². The van der Waals surface area contributed by atoms with Crippen LogP contribution in [0.3, 0.4) is 0 Å². The monoisotopic (exact) mass is 749 g/mol. The first-order chi connectivity index (χ1) is 27.2. The average Bonchev–Trinajstić information content (AvgIpc) is 3.82. The predicted molar refractivity (Wildman–Crippen MR) is 217 cm³/mol. The van der Waals surface area contributed by atoms with Crippen LogP contribution in [0.4, 0.5) is 34.6 Å². The van der Waals surface area contributed by atoms with Gasteiger partial charge >= 0.3 is 0 Å². The zero-order valence-electron chi connectivity index (χ0n) is 31.1. The fourth-order valence-electron chi connectivity index (χ4n) is 5.70. The Morgan fingerprint density at radius 3 is 1.64 bits per heavy atom. The Morgan fingerprint density at radius 1 is 0.643 bits per heavy atom. The molecule has 16 heteroatoms. The lowest BCUT2D eigenvalue weighted by molar-refractivity contribution is -0.116. The second kappa shape index (κ2) is 16.6. The van der Waals surface area contributed by atoms with Crippen molar-refractivity contribution in [2.45, 2.75) is 0 Å². The summed E-state index contributed by atoms with van der Waals surface area (Å²) in [6, 6.07) is 30.2. The molecule has 0 radical (unpaired) electrons. The standard InChI is InChI=1S/C22H23N7O2.C18H16N6O/c1-28(2)14-20(30)25-16-5-4-6-17(11-16)26-22-24-13-18-8-9-19(29(18)27-22)15-7-10-21(31-3)23-12-15;1-25-17-8-5-12(10-20-17)16-7-6-15-11-21-18(23-24(15)16)22-14-4-2-3-13(19)9-14/h4-13H,14H2,1-3H3,(H,25,30)(H,26,27);2-11H,19H2,1H3,(H,22,23). The number of likely N-dealkylation sites (N-methyl/N-ethyl adjacent to an activating group) is 1. The van der Waals surface area contributed by atoms with Crippen molar-refractivity contribution in [3.63, 3.8) is 0 Å². The summed E-state index contributed by atoms with van der Waals surface area (Å²) in [6.07, 6.45) is 7.02. The third kappa shape index (κ3) is 8.78. The van der Waals surface area contributed by atoms with Crippen molar-refractivity contribution in [1.29, 1.82) is 0 Å². The van der Waals surface area contributed by atoms with Crippen molar-refractivity contribution in [1.82, 2.24) is 44.1 Å². The van der Waals surface area contributed by atoms with Gasteiger partial charge in [-0.25, -0.2) is 29.0 Å². The van der Waals surface area contributed by atoms with Crippen LogP contribution in [0.25, 0.3) is 33.5 Å². The van der Waals surface area contributed by atoms with E-state index in [-0.39, 0.29) is 5.91 Å². The van der Waals surface area contributed by atoms with Gasteiger partial charge in [-0.05, 0) is 86.9 Å². The normalized spacial score (nSPS) is 10.9. The van der Waals surface area contributed by atoms with Crippen LogP contribution in [0.15, 0.2) is 122 Å². The predicted octanol–water partition coefficient (Wildman–Crippen LogP) is 6.17. The third-order valence-electron chi connectivity index (χ3n) is 8.28. The number of aromatic nitrogens is 8. The Bertz CT molecular complexity index is 2590. The molecule has 0 saturated carbocycles. The van der Waals surface area contributed by atoms with Crippen LogP contribution in [0.5, 0.6) is 11.8 Å². The lowest BCUT2D eigenvalue weighted by Gasteiger charge is -2.11. The number of carbonyl (C=O) groups is 1. The second-order valence-corrected chi connectivity index (χ2v) is 12.7. The Hall–Kier alpha value is -7.59. The molecule has 5 N–H and O–H groups in total. The van der Waals surface area contributed by atoms with Crippen LogP contribution in [-0.2, 0) is 4.79 Å². The van der Waals surface area contributed by atoms with Gasteiger partial charge in [0.05, 0.1) is 55.6 Å². The lowest BCUT2D eigenvalue weighted by atomic mass is 10.2. The molecule has 0 atom stereocenters. The molecule has 0 bridgehead atoms. The Morgan fingerprint density at radius 2 is 1.16 bits per heavy atom. The highest BCUT2D eigenvalue weighted by Crippen LogP contribution is 2.26. The van der Waals surface area contributed by atoms with Crippen molar-refractivity contribution < 1.29 is 14.3 Å². The van der Waals surface area contributed by atoms with Crippen molar-refractivity contribution in [3.8, 4) is 34.3 Å². The Labute approximate surface area is 322 Å². The quantitative estimate of drug-likeness (QED) is 0.110. The zero-order chi connectivity index (χ0) is 39.0. The Balaban J connectivity index is 0.000000175. The number of hydrogen-bond donors (Lipinski definition) is 4. The number of methoxy groups -OCH3 is 2. The summed E-state index contributed by atoms with van der Waals surface area (Å²) in [5.41, 5.74) is 14.2. The van der Waals surface area contributed by atoms with E-state index in [2.05, 4.69) is 46.1 Å². The topological polar surface area (TPSA) is 187 Å². The number of fused-ring (bicyclic) bond motifs is 2. The van der Waals surface area contributed by atoms with Crippen molar-refractivity contribution in [2.24, 2.45) is 0 Å². The number of hydrogen-bond acceptors (Lipinski definition) is 13. The van der Waals surface area contributed by atoms with Crippen molar-refractivity contribution in [3.05, 3.63) is 122 Å². The minimum Gasteiger partial charge on any atom is -0.481 e. The SMILES string of the molecule is COc1ccc(-c2ccc3cnc(Nc4cccc(N)c4)nn23)cn1.COc1ccc(-c2ccc3cnc(Nc4cccc(NC(=O)CN(C)C)c4)nn23)cn1. The molecule has 282 valence electrons. The lowest BCUT2D eigenvalue weighted by Crippen LogP contribution is -2.27. The largest absolute Gasteiger partial charge is 0.481 e. The van der Waals surface area contributed by atoms with E-state index in [1.54, 1.807) is 39.0 Å². The average molecular weight is 750 g/mol. The van der Waals surface area contributed by atoms with E-state index in [0.717, 1.165) is 44.9 Å². The maximum atomic E-state index is 12.0. The highest BCUT2D eigenvalue weighted by molar-refractivity contribution is 5.92. The number of nitrogens with zero attached hydrogens (tertiary/aromatic N) is 9. The van der Waals surface area contributed by atoms with E-state index < -0.39 is 0 Å². The summed E-state index contributed by atoms with van der Waals surface area (Å²) in [6.45, 7) is 0.314. The second-order valence-electron chi connectivity index (χ2n) is 12.7. The smallest absolute Gasteiger partial charge is 0.245 e. The molecular formula is C40H39N13O3. The van der Waals surface area contributed by atoms with Crippen LogP contribution in [0.1, 0.15) is 0 Å². The minimum absolute atomic E-state index is 0.0788. The van der Waals surface area contributed by atoms with E-state index in [1.165, 1.54) is 0 Å². The summed E-state index contributed by atoms with van der Waals surface area (Å²) >= 11 is 0. The number of amides is 1. The molecule has 0 fully saturated rings. The fraction of sp³-hybridized carbons (Fsp3) is 0.125. The number of nitrogens with one attached hydrogen (secondary N) is 3. The van der Waals surface area contributed by atoms with E-state index in [4.69, 9.17) is 15.2 Å². The first-order valence-corrected chi connectivity index (χ1v) is 17.4. The molecule has 0 aliphatic rings. The van der Waals surface area contributed by atoms with Gasteiger partial charge in [0, 0.05) is 58.4 Å². The number of anilines is 6.